The zero-order valence-corrected chi connectivity index (χ0v) is 12.5. The molecule has 108 valence electrons. The molecule has 0 aliphatic carbocycles. The van der Waals surface area contributed by atoms with Crippen LogP contribution in [0.25, 0.3) is 11.1 Å². The van der Waals surface area contributed by atoms with Crippen LogP contribution in [-0.2, 0) is 5.54 Å². The van der Waals surface area contributed by atoms with Crippen LogP contribution in [0.3, 0.4) is 0 Å². The van der Waals surface area contributed by atoms with Crippen molar-refractivity contribution in [3.63, 3.8) is 0 Å². The summed E-state index contributed by atoms with van der Waals surface area (Å²) in [6.07, 6.45) is 2.37. The molecule has 1 aromatic carbocycles. The molecule has 0 saturated heterocycles. The predicted octanol–water partition coefficient (Wildman–Crippen LogP) is 3.55. The summed E-state index contributed by atoms with van der Waals surface area (Å²) in [4.78, 5) is 8.30. The Labute approximate surface area is 127 Å². The first kappa shape index (κ1) is 14.1. The Hall–Kier alpha value is -1.88. The molecule has 0 unspecified atom stereocenters. The lowest BCUT2D eigenvalue weighted by atomic mass is 9.88. The molecule has 0 bridgehead atoms. The van der Waals surface area contributed by atoms with Crippen molar-refractivity contribution in [3.05, 3.63) is 54.1 Å². The van der Waals surface area contributed by atoms with Gasteiger partial charge in [0.25, 0.3) is 0 Å². The molecule has 2 N–H and O–H groups in total. The standard InChI is InChI=1S/C16H16FN3S/c1-16(7-9-21-15(18)20-16)12-5-2-4-11(10-12)13-6-3-8-19-14(13)17/h2-6,8,10H,7,9H2,1H3,(H2,18,20)/t16-/m0/s1. The number of nitrogens with zero attached hydrogens (tertiary/aromatic N) is 2. The molecule has 0 radical (unpaired) electrons. The second kappa shape index (κ2) is 5.48. The molecule has 1 aliphatic heterocycles. The van der Waals surface area contributed by atoms with E-state index in [0.717, 1.165) is 23.3 Å². The fraction of sp³-hybridized carbons (Fsp3) is 0.250. The van der Waals surface area contributed by atoms with Crippen LogP contribution in [-0.4, -0.2) is 15.9 Å². The number of rotatable bonds is 2. The van der Waals surface area contributed by atoms with Gasteiger partial charge in [0.05, 0.1) is 5.54 Å². The van der Waals surface area contributed by atoms with Crippen LogP contribution in [0.2, 0.25) is 0 Å². The minimum Gasteiger partial charge on any atom is -0.379 e. The first-order chi connectivity index (χ1) is 10.1. The van der Waals surface area contributed by atoms with Gasteiger partial charge in [-0.3, -0.25) is 4.99 Å². The summed E-state index contributed by atoms with van der Waals surface area (Å²) in [6, 6.07) is 11.3. The Morgan fingerprint density at radius 1 is 1.29 bits per heavy atom. The molecule has 1 atom stereocenters. The third-order valence-corrected chi connectivity index (χ3v) is 4.55. The van der Waals surface area contributed by atoms with Crippen molar-refractivity contribution < 1.29 is 4.39 Å². The number of aliphatic imine (C=N–C) groups is 1. The molecule has 5 heteroatoms. The van der Waals surface area contributed by atoms with E-state index in [1.54, 1.807) is 23.9 Å². The van der Waals surface area contributed by atoms with Crippen molar-refractivity contribution in [1.82, 2.24) is 4.98 Å². The summed E-state index contributed by atoms with van der Waals surface area (Å²) in [7, 11) is 0. The minimum atomic E-state index is -0.456. The van der Waals surface area contributed by atoms with Gasteiger partial charge in [0.2, 0.25) is 5.95 Å². The molecule has 0 saturated carbocycles. The predicted molar refractivity (Wildman–Crippen MR) is 85.7 cm³/mol. The van der Waals surface area contributed by atoms with Crippen molar-refractivity contribution >= 4 is 16.9 Å². The molecule has 1 aromatic heterocycles. The zero-order valence-electron chi connectivity index (χ0n) is 11.7. The summed E-state index contributed by atoms with van der Waals surface area (Å²) >= 11 is 1.58. The monoisotopic (exact) mass is 301 g/mol. The highest BCUT2D eigenvalue weighted by atomic mass is 32.2. The number of benzene rings is 1. The van der Waals surface area contributed by atoms with Crippen LogP contribution in [0.15, 0.2) is 47.6 Å². The molecule has 2 heterocycles. The van der Waals surface area contributed by atoms with Gasteiger partial charge in [-0.2, -0.15) is 4.39 Å². The molecular formula is C16H16FN3S. The maximum absolute atomic E-state index is 13.8. The van der Waals surface area contributed by atoms with Crippen LogP contribution in [0.4, 0.5) is 4.39 Å². The molecule has 1 aliphatic rings. The van der Waals surface area contributed by atoms with Gasteiger partial charge in [-0.1, -0.05) is 30.0 Å². The van der Waals surface area contributed by atoms with Crippen LogP contribution in [0, 0.1) is 5.95 Å². The van der Waals surface area contributed by atoms with E-state index < -0.39 is 5.95 Å². The normalized spacial score (nSPS) is 21.9. The van der Waals surface area contributed by atoms with E-state index in [-0.39, 0.29) is 5.54 Å². The SMILES string of the molecule is C[C@@]1(c2cccc(-c3cccnc3F)c2)CCSC(N)=N1. The molecule has 3 nitrogen and oxygen atoms in total. The van der Waals surface area contributed by atoms with Crippen molar-refractivity contribution in [3.8, 4) is 11.1 Å². The number of hydrogen-bond donors (Lipinski definition) is 1. The molecule has 0 spiro atoms. The summed E-state index contributed by atoms with van der Waals surface area (Å²) in [5, 5.41) is 0.613. The summed E-state index contributed by atoms with van der Waals surface area (Å²) in [5.74, 6) is 0.485. The average Bonchev–Trinajstić information content (AvgIpc) is 2.48. The minimum absolute atomic E-state index is 0.343. The third kappa shape index (κ3) is 2.78. The number of halogens is 1. The fourth-order valence-corrected chi connectivity index (χ4v) is 3.49. The number of hydrogen-bond acceptors (Lipinski definition) is 4. The summed E-state index contributed by atoms with van der Waals surface area (Å²) in [5.41, 5.74) is 7.88. The second-order valence-corrected chi connectivity index (χ2v) is 6.36. The van der Waals surface area contributed by atoms with E-state index in [1.807, 2.05) is 24.3 Å². The van der Waals surface area contributed by atoms with Crippen molar-refractivity contribution in [2.75, 3.05) is 5.75 Å². The summed E-state index contributed by atoms with van der Waals surface area (Å²) in [6.45, 7) is 2.07. The van der Waals surface area contributed by atoms with Crippen LogP contribution in [0.1, 0.15) is 18.9 Å². The Morgan fingerprint density at radius 3 is 2.90 bits per heavy atom. The van der Waals surface area contributed by atoms with Crippen molar-refractivity contribution in [2.45, 2.75) is 18.9 Å². The molecule has 3 rings (SSSR count). The zero-order chi connectivity index (χ0) is 14.9. The van der Waals surface area contributed by atoms with Gasteiger partial charge < -0.3 is 5.73 Å². The molecule has 21 heavy (non-hydrogen) atoms. The topological polar surface area (TPSA) is 51.3 Å². The van der Waals surface area contributed by atoms with E-state index in [0.29, 0.717) is 10.7 Å². The second-order valence-electron chi connectivity index (χ2n) is 5.24. The quantitative estimate of drug-likeness (QED) is 0.863. The van der Waals surface area contributed by atoms with Gasteiger partial charge in [-0.25, -0.2) is 4.98 Å². The number of pyridine rings is 1. The number of nitrogens with two attached hydrogens (primary N) is 1. The van der Waals surface area contributed by atoms with Gasteiger partial charge in [0, 0.05) is 17.5 Å². The van der Waals surface area contributed by atoms with Gasteiger partial charge >= 0.3 is 0 Å². The van der Waals surface area contributed by atoms with Crippen LogP contribution >= 0.6 is 11.8 Å². The summed E-state index contributed by atoms with van der Waals surface area (Å²) < 4.78 is 13.8. The Morgan fingerprint density at radius 2 is 2.14 bits per heavy atom. The lowest BCUT2D eigenvalue weighted by Gasteiger charge is -2.30. The Kier molecular flexibility index (Phi) is 3.68. The van der Waals surface area contributed by atoms with Crippen LogP contribution in [0.5, 0.6) is 0 Å². The van der Waals surface area contributed by atoms with Crippen molar-refractivity contribution in [2.24, 2.45) is 10.7 Å². The van der Waals surface area contributed by atoms with E-state index in [4.69, 9.17) is 5.73 Å². The Bertz CT molecular complexity index is 701. The van der Waals surface area contributed by atoms with Crippen molar-refractivity contribution in [1.29, 1.82) is 0 Å². The number of aromatic nitrogens is 1. The fourth-order valence-electron chi connectivity index (χ4n) is 2.52. The van der Waals surface area contributed by atoms with Gasteiger partial charge in [0.15, 0.2) is 5.17 Å². The maximum atomic E-state index is 13.8. The Balaban J connectivity index is 2.05. The molecular weight excluding hydrogens is 285 g/mol. The maximum Gasteiger partial charge on any atom is 0.220 e. The lowest BCUT2D eigenvalue weighted by molar-refractivity contribution is 0.482. The highest BCUT2D eigenvalue weighted by Gasteiger charge is 2.29. The molecule has 0 fully saturated rings. The third-order valence-electron chi connectivity index (χ3n) is 3.75. The van der Waals surface area contributed by atoms with E-state index in [9.17, 15) is 4.39 Å². The van der Waals surface area contributed by atoms with Gasteiger partial charge in [-0.05, 0) is 42.7 Å². The van der Waals surface area contributed by atoms with E-state index in [1.165, 1.54) is 6.20 Å². The number of thioether (sulfide) groups is 1. The molecule has 0 amide bonds. The number of amidine groups is 1. The van der Waals surface area contributed by atoms with E-state index in [2.05, 4.69) is 16.9 Å². The smallest absolute Gasteiger partial charge is 0.220 e. The van der Waals surface area contributed by atoms with Gasteiger partial charge in [-0.15, -0.1) is 0 Å². The average molecular weight is 301 g/mol. The van der Waals surface area contributed by atoms with Crippen LogP contribution < -0.4 is 5.73 Å². The highest BCUT2D eigenvalue weighted by molar-refractivity contribution is 8.13. The van der Waals surface area contributed by atoms with E-state index >= 15 is 0 Å². The lowest BCUT2D eigenvalue weighted by Crippen LogP contribution is -2.28. The highest BCUT2D eigenvalue weighted by Crippen LogP contribution is 2.36. The largest absolute Gasteiger partial charge is 0.379 e. The first-order valence-electron chi connectivity index (χ1n) is 6.78. The van der Waals surface area contributed by atoms with Gasteiger partial charge in [0.1, 0.15) is 0 Å². The first-order valence-corrected chi connectivity index (χ1v) is 7.77. The molecule has 2 aromatic rings.